The summed E-state index contributed by atoms with van der Waals surface area (Å²) in [5, 5.41) is 3.35. The van der Waals surface area contributed by atoms with Crippen LogP contribution in [-0.2, 0) is 9.53 Å². The number of rotatable bonds is 3. The maximum atomic E-state index is 12.4. The average molecular weight is 432 g/mol. The van der Waals surface area contributed by atoms with E-state index in [4.69, 9.17) is 4.74 Å². The zero-order valence-electron chi connectivity index (χ0n) is 16.6. The molecule has 4 rings (SSSR count). The van der Waals surface area contributed by atoms with Gasteiger partial charge in [-0.05, 0) is 39.8 Å². The number of carbonyl (C=O) groups excluding carboxylic acids is 1. The fourth-order valence-corrected chi connectivity index (χ4v) is 4.51. The minimum Gasteiger partial charge on any atom is -0.461 e. The van der Waals surface area contributed by atoms with Crippen molar-refractivity contribution in [3.63, 3.8) is 0 Å². The lowest BCUT2D eigenvalue weighted by Gasteiger charge is -2.36. The number of nitrogens with zero attached hydrogens (tertiary/aromatic N) is 4. The van der Waals surface area contributed by atoms with Crippen molar-refractivity contribution in [2.45, 2.75) is 39.2 Å². The second kappa shape index (κ2) is 9.57. The molecule has 28 heavy (non-hydrogen) atoms. The Hall–Kier alpha value is -1.15. The molecule has 0 aliphatic carbocycles. The summed E-state index contributed by atoms with van der Waals surface area (Å²) in [5.74, 6) is 1.04. The van der Waals surface area contributed by atoms with Gasteiger partial charge in [-0.25, -0.2) is 4.98 Å². The molecular weight excluding hydrogens is 401 g/mol. The van der Waals surface area contributed by atoms with Crippen molar-refractivity contribution in [2.24, 2.45) is 5.41 Å². The van der Waals surface area contributed by atoms with Crippen LogP contribution in [0.3, 0.4) is 0 Å². The van der Waals surface area contributed by atoms with E-state index in [0.717, 1.165) is 82.3 Å². The minimum absolute atomic E-state index is 0. The molecule has 1 aromatic heterocycles. The van der Waals surface area contributed by atoms with Crippen LogP contribution in [0.2, 0.25) is 0 Å². The van der Waals surface area contributed by atoms with E-state index in [1.165, 1.54) is 0 Å². The van der Waals surface area contributed by atoms with Crippen LogP contribution in [0.15, 0.2) is 6.20 Å². The number of aryl methyl sites for hydroxylation is 2. The van der Waals surface area contributed by atoms with Gasteiger partial charge in [-0.3, -0.25) is 14.7 Å². The topological polar surface area (TPSA) is 70.6 Å². The van der Waals surface area contributed by atoms with Crippen molar-refractivity contribution in [1.82, 2.24) is 20.2 Å². The van der Waals surface area contributed by atoms with E-state index < -0.39 is 0 Å². The Morgan fingerprint density at radius 2 is 1.86 bits per heavy atom. The van der Waals surface area contributed by atoms with Crippen LogP contribution in [0.1, 0.15) is 30.7 Å². The van der Waals surface area contributed by atoms with Gasteiger partial charge in [-0.15, -0.1) is 24.8 Å². The molecule has 1 atom stereocenters. The molecule has 1 spiro atoms. The normalized spacial score (nSPS) is 24.4. The van der Waals surface area contributed by atoms with Gasteiger partial charge in [0.05, 0.1) is 16.8 Å². The van der Waals surface area contributed by atoms with Gasteiger partial charge in [0.2, 0.25) is 0 Å². The first kappa shape index (κ1) is 23.1. The van der Waals surface area contributed by atoms with Crippen molar-refractivity contribution in [3.05, 3.63) is 17.6 Å². The fourth-order valence-electron chi connectivity index (χ4n) is 4.51. The lowest BCUT2D eigenvalue weighted by atomic mass is 9.76. The van der Waals surface area contributed by atoms with Gasteiger partial charge in [0, 0.05) is 45.3 Å². The molecule has 0 bridgehead atoms. The van der Waals surface area contributed by atoms with E-state index in [1.807, 2.05) is 20.0 Å². The number of hydrogen-bond acceptors (Lipinski definition) is 7. The van der Waals surface area contributed by atoms with E-state index in [1.54, 1.807) is 0 Å². The molecule has 3 aliphatic heterocycles. The summed E-state index contributed by atoms with van der Waals surface area (Å²) >= 11 is 0. The molecule has 0 amide bonds. The monoisotopic (exact) mass is 431 g/mol. The molecule has 3 fully saturated rings. The predicted octanol–water partition coefficient (Wildman–Crippen LogP) is 1.74. The number of esters is 1. The molecule has 1 aromatic rings. The highest BCUT2D eigenvalue weighted by molar-refractivity contribution is 5.85. The lowest BCUT2D eigenvalue weighted by Crippen LogP contribution is -2.49. The molecule has 9 heteroatoms. The highest BCUT2D eigenvalue weighted by atomic mass is 35.5. The molecule has 1 N–H and O–H groups in total. The van der Waals surface area contributed by atoms with Crippen molar-refractivity contribution >= 4 is 36.6 Å². The molecule has 7 nitrogen and oxygen atoms in total. The first-order valence-electron chi connectivity index (χ1n) is 9.75. The highest BCUT2D eigenvalue weighted by Gasteiger charge is 2.49. The summed E-state index contributed by atoms with van der Waals surface area (Å²) in [6.45, 7) is 10.5. The first-order chi connectivity index (χ1) is 12.6. The van der Waals surface area contributed by atoms with Crippen LogP contribution in [0.4, 0.5) is 5.82 Å². The SMILES string of the molecule is Cc1cnc(C)c(N2CCN(CC3CC4(CCNCC4)C(=O)O3)CC2)n1.Cl.Cl. The quantitative estimate of drug-likeness (QED) is 0.730. The number of ether oxygens (including phenoxy) is 1. The van der Waals surface area contributed by atoms with Gasteiger partial charge >= 0.3 is 5.97 Å². The van der Waals surface area contributed by atoms with Crippen molar-refractivity contribution in [3.8, 4) is 0 Å². The second-order valence-corrected chi connectivity index (χ2v) is 7.97. The van der Waals surface area contributed by atoms with Crippen molar-refractivity contribution < 1.29 is 9.53 Å². The highest BCUT2D eigenvalue weighted by Crippen LogP contribution is 2.41. The van der Waals surface area contributed by atoms with Gasteiger partial charge in [0.25, 0.3) is 0 Å². The maximum Gasteiger partial charge on any atom is 0.312 e. The third-order valence-electron chi connectivity index (χ3n) is 6.07. The smallest absolute Gasteiger partial charge is 0.312 e. The molecule has 3 saturated heterocycles. The average Bonchev–Trinajstić information content (AvgIpc) is 2.93. The summed E-state index contributed by atoms with van der Waals surface area (Å²) < 4.78 is 5.76. The van der Waals surface area contributed by atoms with E-state index >= 15 is 0 Å². The van der Waals surface area contributed by atoms with Crippen LogP contribution in [0.25, 0.3) is 0 Å². The van der Waals surface area contributed by atoms with E-state index in [2.05, 4.69) is 25.1 Å². The number of cyclic esters (lactones) is 1. The predicted molar refractivity (Wildman–Crippen MR) is 114 cm³/mol. The first-order valence-corrected chi connectivity index (χ1v) is 9.75. The second-order valence-electron chi connectivity index (χ2n) is 7.97. The Labute approximate surface area is 179 Å². The number of anilines is 1. The Morgan fingerprint density at radius 3 is 2.54 bits per heavy atom. The molecule has 1 unspecified atom stereocenters. The third-order valence-corrected chi connectivity index (χ3v) is 6.07. The lowest BCUT2D eigenvalue weighted by molar-refractivity contribution is -0.150. The Kier molecular flexibility index (Phi) is 7.90. The maximum absolute atomic E-state index is 12.4. The summed E-state index contributed by atoms with van der Waals surface area (Å²) in [7, 11) is 0. The van der Waals surface area contributed by atoms with Crippen molar-refractivity contribution in [1.29, 1.82) is 0 Å². The van der Waals surface area contributed by atoms with Crippen LogP contribution >= 0.6 is 24.8 Å². The van der Waals surface area contributed by atoms with Gasteiger partial charge in [0.15, 0.2) is 0 Å². The number of halogens is 2. The molecule has 3 aliphatic rings. The Balaban J connectivity index is 0.00000140. The summed E-state index contributed by atoms with van der Waals surface area (Å²) in [5.41, 5.74) is 1.73. The van der Waals surface area contributed by atoms with E-state index in [0.29, 0.717) is 0 Å². The number of hydrogen-bond donors (Lipinski definition) is 1. The van der Waals surface area contributed by atoms with Crippen LogP contribution in [-0.4, -0.2) is 72.8 Å². The number of piperazine rings is 1. The van der Waals surface area contributed by atoms with E-state index in [-0.39, 0.29) is 42.3 Å². The molecule has 0 aromatic carbocycles. The largest absolute Gasteiger partial charge is 0.461 e. The summed E-state index contributed by atoms with van der Waals surface area (Å²) in [6, 6.07) is 0. The number of carbonyl (C=O) groups is 1. The van der Waals surface area contributed by atoms with E-state index in [9.17, 15) is 4.79 Å². The fraction of sp³-hybridized carbons (Fsp3) is 0.737. The van der Waals surface area contributed by atoms with Crippen molar-refractivity contribution in [2.75, 3.05) is 50.7 Å². The zero-order valence-corrected chi connectivity index (χ0v) is 18.3. The minimum atomic E-state index is -0.216. The van der Waals surface area contributed by atoms with Crippen LogP contribution < -0.4 is 10.2 Å². The zero-order chi connectivity index (χ0) is 18.1. The number of piperidine rings is 1. The molecule has 158 valence electrons. The van der Waals surface area contributed by atoms with Crippen LogP contribution in [0, 0.1) is 19.3 Å². The number of nitrogens with one attached hydrogen (secondary N) is 1. The molecule has 4 heterocycles. The van der Waals surface area contributed by atoms with Crippen LogP contribution in [0.5, 0.6) is 0 Å². The van der Waals surface area contributed by atoms with Gasteiger partial charge in [-0.1, -0.05) is 0 Å². The molecular formula is C19H31Cl2N5O2. The van der Waals surface area contributed by atoms with Gasteiger partial charge in [0.1, 0.15) is 11.9 Å². The Bertz CT molecular complexity index is 676. The Morgan fingerprint density at radius 1 is 1.18 bits per heavy atom. The summed E-state index contributed by atoms with van der Waals surface area (Å²) in [4.78, 5) is 26.3. The molecule has 0 saturated carbocycles. The van der Waals surface area contributed by atoms with Gasteiger partial charge in [-0.2, -0.15) is 0 Å². The number of aromatic nitrogens is 2. The van der Waals surface area contributed by atoms with Gasteiger partial charge < -0.3 is 15.0 Å². The standard InChI is InChI=1S/C19H29N5O2.2ClH/c1-14-12-21-15(2)17(22-14)24-9-7-23(8-10-24)13-16-11-19(18(25)26-16)3-5-20-6-4-19;;/h12,16,20H,3-11,13H2,1-2H3;2*1H. The third kappa shape index (κ3) is 4.70. The summed E-state index contributed by atoms with van der Waals surface area (Å²) in [6.07, 6.45) is 4.59. The molecule has 0 radical (unpaired) electrons.